The molecule has 1 aliphatic rings. The molecule has 1 unspecified atom stereocenters. The van der Waals surface area contributed by atoms with E-state index < -0.39 is 0 Å². The van der Waals surface area contributed by atoms with Crippen molar-refractivity contribution in [2.24, 2.45) is 0 Å². The lowest BCUT2D eigenvalue weighted by atomic mass is 9.90. The molecule has 70 valence electrons. The van der Waals surface area contributed by atoms with Crippen molar-refractivity contribution in [3.8, 4) is 0 Å². The zero-order chi connectivity index (χ0) is 8.86. The van der Waals surface area contributed by atoms with Gasteiger partial charge in [-0.05, 0) is 12.8 Å². The van der Waals surface area contributed by atoms with Crippen LogP contribution in [-0.2, 0) is 9.78 Å². The Kier molecular flexibility index (Phi) is 3.76. The Morgan fingerprint density at radius 2 is 2.42 bits per heavy atom. The van der Waals surface area contributed by atoms with Gasteiger partial charge < -0.3 is 0 Å². The van der Waals surface area contributed by atoms with Crippen molar-refractivity contribution >= 4 is 0 Å². The van der Waals surface area contributed by atoms with Crippen LogP contribution >= 0.6 is 0 Å². The first kappa shape index (κ1) is 9.75. The van der Waals surface area contributed by atoms with Gasteiger partial charge in [-0.3, -0.25) is 0 Å². The van der Waals surface area contributed by atoms with Crippen molar-refractivity contribution in [3.05, 3.63) is 12.7 Å². The second-order valence-electron chi connectivity index (χ2n) is 3.43. The molecule has 0 N–H and O–H groups in total. The third-order valence-electron chi connectivity index (χ3n) is 2.38. The lowest BCUT2D eigenvalue weighted by Gasteiger charge is -2.23. The molecule has 1 heterocycles. The van der Waals surface area contributed by atoms with Gasteiger partial charge in [-0.25, -0.2) is 9.78 Å². The molecule has 2 heteroatoms. The molecule has 0 saturated carbocycles. The highest BCUT2D eigenvalue weighted by Gasteiger charge is 2.35. The molecular weight excluding hydrogens is 152 g/mol. The minimum Gasteiger partial charge on any atom is -0.236 e. The molecule has 12 heavy (non-hydrogen) atoms. The van der Waals surface area contributed by atoms with Gasteiger partial charge in [0, 0.05) is 6.42 Å². The molecule has 1 atom stereocenters. The van der Waals surface area contributed by atoms with E-state index in [1.807, 2.05) is 6.08 Å². The van der Waals surface area contributed by atoms with E-state index in [0.29, 0.717) is 0 Å². The van der Waals surface area contributed by atoms with Crippen LogP contribution in [0.1, 0.15) is 39.0 Å². The van der Waals surface area contributed by atoms with Crippen LogP contribution in [0.3, 0.4) is 0 Å². The van der Waals surface area contributed by atoms with Crippen molar-refractivity contribution in [1.29, 1.82) is 0 Å². The maximum Gasteiger partial charge on any atom is 0.109 e. The lowest BCUT2D eigenvalue weighted by molar-refractivity contribution is -0.309. The quantitative estimate of drug-likeness (QED) is 0.466. The molecule has 0 bridgehead atoms. The van der Waals surface area contributed by atoms with Crippen LogP contribution < -0.4 is 0 Å². The van der Waals surface area contributed by atoms with Gasteiger partial charge in [0.15, 0.2) is 0 Å². The van der Waals surface area contributed by atoms with E-state index in [4.69, 9.17) is 9.78 Å². The minimum absolute atomic E-state index is 0.0439. The summed E-state index contributed by atoms with van der Waals surface area (Å²) < 4.78 is 0. The summed E-state index contributed by atoms with van der Waals surface area (Å²) in [6.07, 6.45) is 7.35. The predicted octanol–water partition coefficient (Wildman–Crippen LogP) is 2.84. The highest BCUT2D eigenvalue weighted by molar-refractivity contribution is 4.88. The molecule has 0 radical (unpaired) electrons. The highest BCUT2D eigenvalue weighted by atomic mass is 17.2. The molecule has 1 aliphatic heterocycles. The van der Waals surface area contributed by atoms with Crippen LogP contribution in [-0.4, -0.2) is 12.2 Å². The van der Waals surface area contributed by atoms with Gasteiger partial charge >= 0.3 is 0 Å². The fraction of sp³-hybridized carbons (Fsp3) is 0.800. The molecule has 1 saturated heterocycles. The number of hydrogen-bond acceptors (Lipinski definition) is 2. The molecule has 0 aliphatic carbocycles. The van der Waals surface area contributed by atoms with Gasteiger partial charge in [-0.15, -0.1) is 6.58 Å². The summed E-state index contributed by atoms with van der Waals surface area (Å²) in [4.78, 5) is 10.3. The van der Waals surface area contributed by atoms with Crippen molar-refractivity contribution in [1.82, 2.24) is 0 Å². The van der Waals surface area contributed by atoms with Crippen LogP contribution in [0.2, 0.25) is 0 Å². The first-order chi connectivity index (χ1) is 5.83. The molecule has 0 aromatic heterocycles. The fourth-order valence-corrected chi connectivity index (χ4v) is 1.60. The van der Waals surface area contributed by atoms with Gasteiger partial charge in [-0.1, -0.05) is 25.8 Å². The SMILES string of the molecule is C=CCC1(CCCC)CCOO1. The summed E-state index contributed by atoms with van der Waals surface area (Å²) in [6.45, 7) is 6.67. The summed E-state index contributed by atoms with van der Waals surface area (Å²) in [5, 5.41) is 0. The van der Waals surface area contributed by atoms with E-state index >= 15 is 0 Å². The van der Waals surface area contributed by atoms with Gasteiger partial charge in [0.05, 0.1) is 6.61 Å². The first-order valence-corrected chi connectivity index (χ1v) is 4.74. The van der Waals surface area contributed by atoms with Crippen LogP contribution in [0, 0.1) is 0 Å². The monoisotopic (exact) mass is 170 g/mol. The molecule has 1 fully saturated rings. The predicted molar refractivity (Wildman–Crippen MR) is 48.7 cm³/mol. The zero-order valence-corrected chi connectivity index (χ0v) is 7.84. The molecule has 0 spiro atoms. The summed E-state index contributed by atoms with van der Waals surface area (Å²) in [7, 11) is 0. The largest absolute Gasteiger partial charge is 0.236 e. The van der Waals surface area contributed by atoms with Crippen molar-refractivity contribution in [2.45, 2.75) is 44.6 Å². The average molecular weight is 170 g/mol. The average Bonchev–Trinajstić information content (AvgIpc) is 2.51. The van der Waals surface area contributed by atoms with Crippen LogP contribution in [0.4, 0.5) is 0 Å². The smallest absolute Gasteiger partial charge is 0.109 e. The van der Waals surface area contributed by atoms with Crippen molar-refractivity contribution in [2.75, 3.05) is 6.61 Å². The maximum atomic E-state index is 5.31. The zero-order valence-electron chi connectivity index (χ0n) is 7.84. The van der Waals surface area contributed by atoms with Crippen molar-refractivity contribution in [3.63, 3.8) is 0 Å². The van der Waals surface area contributed by atoms with E-state index in [-0.39, 0.29) is 5.60 Å². The van der Waals surface area contributed by atoms with Crippen LogP contribution in [0.15, 0.2) is 12.7 Å². The van der Waals surface area contributed by atoms with E-state index in [0.717, 1.165) is 25.9 Å². The normalized spacial score (nSPS) is 29.1. The van der Waals surface area contributed by atoms with Crippen molar-refractivity contribution < 1.29 is 9.78 Å². The Labute approximate surface area is 74.5 Å². The molecule has 0 amide bonds. The molecule has 0 aromatic carbocycles. The first-order valence-electron chi connectivity index (χ1n) is 4.74. The topological polar surface area (TPSA) is 18.5 Å². The standard InChI is InChI=1S/C10H18O2/c1-3-5-7-10(6-4-2)8-9-11-12-10/h4H,2-3,5-9H2,1H3. The Hall–Kier alpha value is -0.340. The van der Waals surface area contributed by atoms with Gasteiger partial charge in [0.25, 0.3) is 0 Å². The van der Waals surface area contributed by atoms with E-state index in [1.54, 1.807) is 0 Å². The lowest BCUT2D eigenvalue weighted by Crippen LogP contribution is -2.26. The van der Waals surface area contributed by atoms with E-state index in [1.165, 1.54) is 12.8 Å². The van der Waals surface area contributed by atoms with Gasteiger partial charge in [0.1, 0.15) is 5.60 Å². The molecular formula is C10H18O2. The summed E-state index contributed by atoms with van der Waals surface area (Å²) in [5.74, 6) is 0. The van der Waals surface area contributed by atoms with Gasteiger partial charge in [-0.2, -0.15) is 0 Å². The summed E-state index contributed by atoms with van der Waals surface area (Å²) >= 11 is 0. The van der Waals surface area contributed by atoms with E-state index in [2.05, 4.69) is 13.5 Å². The maximum absolute atomic E-state index is 5.31. The summed E-state index contributed by atoms with van der Waals surface area (Å²) in [5.41, 5.74) is -0.0439. The molecule has 0 aromatic rings. The van der Waals surface area contributed by atoms with Crippen LogP contribution in [0.5, 0.6) is 0 Å². The number of hydrogen-bond donors (Lipinski definition) is 0. The van der Waals surface area contributed by atoms with Gasteiger partial charge in [0.2, 0.25) is 0 Å². The van der Waals surface area contributed by atoms with Crippen LogP contribution in [0.25, 0.3) is 0 Å². The minimum atomic E-state index is -0.0439. The number of unbranched alkanes of at least 4 members (excludes halogenated alkanes) is 1. The molecule has 1 rings (SSSR count). The fourth-order valence-electron chi connectivity index (χ4n) is 1.60. The third kappa shape index (κ3) is 2.32. The Balaban J connectivity index is 2.40. The second-order valence-corrected chi connectivity index (χ2v) is 3.43. The molecule has 2 nitrogen and oxygen atoms in total. The van der Waals surface area contributed by atoms with E-state index in [9.17, 15) is 0 Å². The highest BCUT2D eigenvalue weighted by Crippen LogP contribution is 2.32. The Morgan fingerprint density at radius 3 is 2.92 bits per heavy atom. The Morgan fingerprint density at radius 1 is 1.58 bits per heavy atom. The Bertz CT molecular complexity index is 137. The second kappa shape index (κ2) is 4.63. The third-order valence-corrected chi connectivity index (χ3v) is 2.38. The summed E-state index contributed by atoms with van der Waals surface area (Å²) in [6, 6.07) is 0. The number of rotatable bonds is 5.